The van der Waals surface area contributed by atoms with Gasteiger partial charge in [-0.3, -0.25) is 4.79 Å². The van der Waals surface area contributed by atoms with Gasteiger partial charge < -0.3 is 4.74 Å². The molecule has 26 heavy (non-hydrogen) atoms. The van der Waals surface area contributed by atoms with Crippen molar-refractivity contribution in [1.29, 1.82) is 0 Å². The first kappa shape index (κ1) is 18.8. The summed E-state index contributed by atoms with van der Waals surface area (Å²) in [6.45, 7) is 0.0916. The predicted molar refractivity (Wildman–Crippen MR) is 97.2 cm³/mol. The zero-order chi connectivity index (χ0) is 18.9. The quantitative estimate of drug-likeness (QED) is 0.760. The molecule has 1 aliphatic heterocycles. The maximum absolute atomic E-state index is 12.7. The monoisotopic (exact) mass is 416 g/mol. The van der Waals surface area contributed by atoms with Gasteiger partial charge in [-0.1, -0.05) is 6.07 Å². The molecule has 2 heterocycles. The minimum Gasteiger partial charge on any atom is -0.495 e. The second-order valence-electron chi connectivity index (χ2n) is 5.46. The minimum atomic E-state index is -3.99. The molecule has 2 aromatic rings. The van der Waals surface area contributed by atoms with E-state index >= 15 is 0 Å². The summed E-state index contributed by atoms with van der Waals surface area (Å²) in [5, 5.41) is 1.83. The lowest BCUT2D eigenvalue weighted by atomic mass is 10.3. The molecule has 1 fully saturated rings. The molecular weight excluding hydrogens is 400 g/mol. The highest BCUT2D eigenvalue weighted by molar-refractivity contribution is 7.94. The van der Waals surface area contributed by atoms with Gasteiger partial charge in [-0.2, -0.15) is 0 Å². The number of carbonyl (C=O) groups excluding carboxylic acids is 1. The average molecular weight is 417 g/mol. The van der Waals surface area contributed by atoms with Crippen molar-refractivity contribution < 1.29 is 26.4 Å². The van der Waals surface area contributed by atoms with Crippen molar-refractivity contribution in [2.24, 2.45) is 0 Å². The molecular formula is C15H16N2O6S3. The van der Waals surface area contributed by atoms with Crippen LogP contribution in [0.3, 0.4) is 0 Å². The first-order valence-electron chi connectivity index (χ1n) is 7.50. The molecule has 1 N–H and O–H groups in total. The highest BCUT2D eigenvalue weighted by atomic mass is 32.2. The number of anilines is 1. The number of benzene rings is 1. The summed E-state index contributed by atoms with van der Waals surface area (Å²) in [6.07, 6.45) is -0.132. The number of ether oxygens (including phenoxy) is 1. The Labute approximate surface area is 155 Å². The molecule has 0 radical (unpaired) electrons. The summed E-state index contributed by atoms with van der Waals surface area (Å²) in [6, 6.07) is 7.40. The summed E-state index contributed by atoms with van der Waals surface area (Å²) in [4.78, 5) is 12.5. The lowest BCUT2D eigenvalue weighted by Crippen LogP contribution is -2.30. The van der Waals surface area contributed by atoms with Crippen molar-refractivity contribution in [3.63, 3.8) is 0 Å². The number of sulfonamides is 2. The predicted octanol–water partition coefficient (Wildman–Crippen LogP) is 1.30. The Hall–Kier alpha value is -1.95. The molecule has 0 unspecified atom stereocenters. The van der Waals surface area contributed by atoms with Crippen LogP contribution in [0.4, 0.5) is 5.69 Å². The smallest absolute Gasteiger partial charge is 0.244 e. The fourth-order valence-corrected chi connectivity index (χ4v) is 5.91. The van der Waals surface area contributed by atoms with Crippen molar-refractivity contribution in [2.75, 3.05) is 17.2 Å². The number of hydrogen-bond acceptors (Lipinski definition) is 7. The summed E-state index contributed by atoms with van der Waals surface area (Å²) in [5.74, 6) is -0.835. The highest BCUT2D eigenvalue weighted by Crippen LogP contribution is 2.32. The van der Waals surface area contributed by atoms with Crippen LogP contribution < -0.4 is 13.8 Å². The molecule has 0 spiro atoms. The Morgan fingerprint density at radius 2 is 2.08 bits per heavy atom. The Morgan fingerprint density at radius 3 is 2.65 bits per heavy atom. The van der Waals surface area contributed by atoms with Gasteiger partial charge in [0.2, 0.25) is 26.0 Å². The first-order chi connectivity index (χ1) is 12.2. The normalized spacial score (nSPS) is 16.8. The number of methoxy groups -OCH3 is 1. The maximum atomic E-state index is 12.7. The van der Waals surface area contributed by atoms with E-state index < -0.39 is 26.0 Å². The van der Waals surface area contributed by atoms with E-state index in [4.69, 9.17) is 4.74 Å². The largest absolute Gasteiger partial charge is 0.495 e. The van der Waals surface area contributed by atoms with E-state index in [0.29, 0.717) is 4.31 Å². The molecule has 1 saturated heterocycles. The molecule has 0 atom stereocenters. The van der Waals surface area contributed by atoms with Gasteiger partial charge in [-0.15, -0.1) is 11.3 Å². The van der Waals surface area contributed by atoms with Gasteiger partial charge in [0.15, 0.2) is 0 Å². The molecule has 0 bridgehead atoms. The molecule has 1 aromatic heterocycles. The van der Waals surface area contributed by atoms with Crippen LogP contribution in [-0.2, 0) is 31.4 Å². The molecule has 0 aliphatic carbocycles. The van der Waals surface area contributed by atoms with E-state index in [1.165, 1.54) is 30.6 Å². The number of amides is 1. The topological polar surface area (TPSA) is 110 Å². The van der Waals surface area contributed by atoms with E-state index in [1.807, 2.05) is 5.38 Å². The van der Waals surface area contributed by atoms with Crippen LogP contribution in [0.5, 0.6) is 5.75 Å². The van der Waals surface area contributed by atoms with Crippen LogP contribution in [0.1, 0.15) is 11.3 Å². The standard InChI is InChI=1S/C15H16N2O6S3/c1-23-13-5-4-11(17-15(18)6-8-25(17,19)20)9-14(13)26(21,22)16-10-12-3-2-7-24-12/h2-5,7,9,16H,6,8,10H2,1H3. The summed E-state index contributed by atoms with van der Waals surface area (Å²) in [5.41, 5.74) is -0.0233. The van der Waals surface area contributed by atoms with Gasteiger partial charge in [0, 0.05) is 17.8 Å². The van der Waals surface area contributed by atoms with Gasteiger partial charge >= 0.3 is 0 Å². The second-order valence-corrected chi connectivity index (χ2v) is 10.2. The van der Waals surface area contributed by atoms with Gasteiger partial charge in [-0.25, -0.2) is 25.9 Å². The Morgan fingerprint density at radius 1 is 1.31 bits per heavy atom. The summed E-state index contributed by atoms with van der Waals surface area (Å²) < 4.78 is 57.7. The third-order valence-corrected chi connectivity index (χ3v) is 7.76. The minimum absolute atomic E-state index is 0.0233. The molecule has 1 amide bonds. The lowest BCUT2D eigenvalue weighted by molar-refractivity contribution is -0.116. The molecule has 3 rings (SSSR count). The van der Waals surface area contributed by atoms with Gasteiger partial charge in [0.05, 0.1) is 18.6 Å². The fourth-order valence-electron chi connectivity index (χ4n) is 2.53. The van der Waals surface area contributed by atoms with Crippen LogP contribution in [0.2, 0.25) is 0 Å². The van der Waals surface area contributed by atoms with Crippen molar-refractivity contribution in [2.45, 2.75) is 17.9 Å². The number of thiophene rings is 1. The average Bonchev–Trinajstić information content (AvgIpc) is 3.20. The Kier molecular flexibility index (Phi) is 5.06. The van der Waals surface area contributed by atoms with E-state index in [0.717, 1.165) is 10.9 Å². The third kappa shape index (κ3) is 3.61. The van der Waals surface area contributed by atoms with Crippen LogP contribution in [0.15, 0.2) is 40.6 Å². The second kappa shape index (κ2) is 6.99. The molecule has 0 saturated carbocycles. The first-order valence-corrected chi connectivity index (χ1v) is 11.5. The highest BCUT2D eigenvalue weighted by Gasteiger charge is 2.37. The molecule has 140 valence electrons. The summed E-state index contributed by atoms with van der Waals surface area (Å²) >= 11 is 1.40. The van der Waals surface area contributed by atoms with Crippen LogP contribution >= 0.6 is 11.3 Å². The van der Waals surface area contributed by atoms with E-state index in [-0.39, 0.29) is 35.1 Å². The third-order valence-electron chi connectivity index (χ3n) is 3.77. The van der Waals surface area contributed by atoms with Gasteiger partial charge in [0.1, 0.15) is 10.6 Å². The van der Waals surface area contributed by atoms with E-state index in [2.05, 4.69) is 4.72 Å². The van der Waals surface area contributed by atoms with Gasteiger partial charge in [0.25, 0.3) is 0 Å². The zero-order valence-corrected chi connectivity index (χ0v) is 16.2. The maximum Gasteiger partial charge on any atom is 0.244 e. The number of nitrogens with one attached hydrogen (secondary N) is 1. The number of hydrogen-bond donors (Lipinski definition) is 1. The number of carbonyl (C=O) groups is 1. The molecule has 1 aromatic carbocycles. The number of rotatable bonds is 6. The van der Waals surface area contributed by atoms with Crippen molar-refractivity contribution in [3.8, 4) is 5.75 Å². The van der Waals surface area contributed by atoms with E-state index in [9.17, 15) is 21.6 Å². The SMILES string of the molecule is COc1ccc(N2C(=O)CCS2(=O)=O)cc1S(=O)(=O)NCc1cccs1. The summed E-state index contributed by atoms with van der Waals surface area (Å²) in [7, 11) is -6.47. The Balaban J connectivity index is 1.99. The number of nitrogens with zero attached hydrogens (tertiary/aromatic N) is 1. The molecule has 8 nitrogen and oxygen atoms in total. The van der Waals surface area contributed by atoms with Crippen molar-refractivity contribution in [1.82, 2.24) is 4.72 Å². The van der Waals surface area contributed by atoms with E-state index in [1.54, 1.807) is 12.1 Å². The molecule has 11 heteroatoms. The van der Waals surface area contributed by atoms with Crippen LogP contribution in [0, 0.1) is 0 Å². The van der Waals surface area contributed by atoms with Crippen molar-refractivity contribution >= 4 is 43.0 Å². The molecule has 1 aliphatic rings. The fraction of sp³-hybridized carbons (Fsp3) is 0.267. The van der Waals surface area contributed by atoms with Crippen molar-refractivity contribution in [3.05, 3.63) is 40.6 Å². The lowest BCUT2D eigenvalue weighted by Gasteiger charge is -2.17. The van der Waals surface area contributed by atoms with Crippen LogP contribution in [0.25, 0.3) is 0 Å². The van der Waals surface area contributed by atoms with Crippen LogP contribution in [-0.4, -0.2) is 35.6 Å². The van der Waals surface area contributed by atoms with Gasteiger partial charge in [-0.05, 0) is 29.6 Å². The Bertz CT molecular complexity index is 1030. The zero-order valence-electron chi connectivity index (χ0n) is 13.7.